The Hall–Kier alpha value is -0.830. The zero-order valence-corrected chi connectivity index (χ0v) is 10.2. The van der Waals surface area contributed by atoms with Crippen LogP contribution in [0.5, 0.6) is 0 Å². The van der Waals surface area contributed by atoms with E-state index in [0.717, 1.165) is 32.4 Å². The van der Waals surface area contributed by atoms with E-state index in [2.05, 4.69) is 0 Å². The van der Waals surface area contributed by atoms with Crippen molar-refractivity contribution in [1.82, 2.24) is 4.90 Å². The summed E-state index contributed by atoms with van der Waals surface area (Å²) in [5.74, 6) is 0.259. The van der Waals surface area contributed by atoms with Crippen molar-refractivity contribution in [3.63, 3.8) is 0 Å². The Bertz CT molecular complexity index is 322. The predicted molar refractivity (Wildman–Crippen MR) is 62.9 cm³/mol. The number of amides is 1. The van der Waals surface area contributed by atoms with Crippen molar-refractivity contribution in [2.45, 2.75) is 33.1 Å². The second kappa shape index (κ2) is 3.88. The van der Waals surface area contributed by atoms with Crippen LogP contribution in [0.15, 0.2) is 12.2 Å². The molecule has 2 unspecified atom stereocenters. The highest BCUT2D eigenvalue weighted by molar-refractivity contribution is 5.85. The molecule has 90 valence electrons. The topological polar surface area (TPSA) is 40.5 Å². The minimum Gasteiger partial charge on any atom is -0.395 e. The van der Waals surface area contributed by atoms with Gasteiger partial charge in [-0.25, -0.2) is 0 Å². The molecule has 0 saturated carbocycles. The quantitative estimate of drug-likeness (QED) is 0.722. The highest BCUT2D eigenvalue weighted by atomic mass is 16.3. The first-order valence-corrected chi connectivity index (χ1v) is 6.10. The SMILES string of the molecule is CC1(CO)C=CC(C)(C(=O)N2CCC2)CC1. The number of rotatable bonds is 2. The molecule has 1 heterocycles. The van der Waals surface area contributed by atoms with Crippen LogP contribution in [0, 0.1) is 10.8 Å². The van der Waals surface area contributed by atoms with Gasteiger partial charge in [-0.15, -0.1) is 0 Å². The van der Waals surface area contributed by atoms with Gasteiger partial charge in [0, 0.05) is 18.5 Å². The molecule has 1 N–H and O–H groups in total. The van der Waals surface area contributed by atoms with E-state index in [1.165, 1.54) is 0 Å². The monoisotopic (exact) mass is 223 g/mol. The van der Waals surface area contributed by atoms with Crippen LogP contribution in [-0.2, 0) is 4.79 Å². The summed E-state index contributed by atoms with van der Waals surface area (Å²) < 4.78 is 0. The molecule has 1 aliphatic carbocycles. The summed E-state index contributed by atoms with van der Waals surface area (Å²) in [5.41, 5.74) is -0.468. The molecule has 1 fully saturated rings. The lowest BCUT2D eigenvalue weighted by Crippen LogP contribution is -2.49. The summed E-state index contributed by atoms with van der Waals surface area (Å²) in [7, 11) is 0. The summed E-state index contributed by atoms with van der Waals surface area (Å²) in [5, 5.41) is 9.28. The Balaban J connectivity index is 2.10. The van der Waals surface area contributed by atoms with Gasteiger partial charge in [-0.05, 0) is 26.2 Å². The number of aliphatic hydroxyl groups is 1. The fourth-order valence-electron chi connectivity index (χ4n) is 2.29. The molecule has 1 aliphatic heterocycles. The number of nitrogens with zero attached hydrogens (tertiary/aromatic N) is 1. The van der Waals surface area contributed by atoms with E-state index in [4.69, 9.17) is 0 Å². The summed E-state index contributed by atoms with van der Waals surface area (Å²) in [4.78, 5) is 14.2. The van der Waals surface area contributed by atoms with Gasteiger partial charge in [0.05, 0.1) is 12.0 Å². The van der Waals surface area contributed by atoms with Crippen molar-refractivity contribution < 1.29 is 9.90 Å². The average Bonchev–Trinajstić information content (AvgIpc) is 2.21. The first kappa shape index (κ1) is 11.6. The number of carbonyl (C=O) groups is 1. The molecule has 3 nitrogen and oxygen atoms in total. The smallest absolute Gasteiger partial charge is 0.232 e. The number of likely N-dealkylation sites (tertiary alicyclic amines) is 1. The molecule has 2 aliphatic rings. The Morgan fingerprint density at radius 1 is 1.31 bits per heavy atom. The molecule has 0 aromatic carbocycles. The van der Waals surface area contributed by atoms with Gasteiger partial charge >= 0.3 is 0 Å². The van der Waals surface area contributed by atoms with Crippen molar-refractivity contribution in [3.8, 4) is 0 Å². The standard InChI is InChI=1S/C13H21NO2/c1-12(10-15)4-6-13(2,7-5-12)11(16)14-8-3-9-14/h4,6,15H,3,5,7-10H2,1-2H3. The molecule has 0 aromatic rings. The number of hydrogen-bond acceptors (Lipinski definition) is 2. The van der Waals surface area contributed by atoms with Crippen molar-refractivity contribution in [1.29, 1.82) is 0 Å². The van der Waals surface area contributed by atoms with E-state index in [1.807, 2.05) is 30.9 Å². The van der Waals surface area contributed by atoms with Crippen LogP contribution in [0.3, 0.4) is 0 Å². The highest BCUT2D eigenvalue weighted by Gasteiger charge is 2.40. The summed E-state index contributed by atoms with van der Waals surface area (Å²) in [6.07, 6.45) is 6.90. The Morgan fingerprint density at radius 3 is 2.38 bits per heavy atom. The van der Waals surface area contributed by atoms with Crippen LogP contribution in [0.4, 0.5) is 0 Å². The molecule has 2 atom stereocenters. The second-order valence-electron chi connectivity index (χ2n) is 5.71. The van der Waals surface area contributed by atoms with E-state index in [1.54, 1.807) is 0 Å². The van der Waals surface area contributed by atoms with Gasteiger partial charge < -0.3 is 10.0 Å². The maximum Gasteiger partial charge on any atom is 0.232 e. The van der Waals surface area contributed by atoms with Crippen molar-refractivity contribution >= 4 is 5.91 Å². The van der Waals surface area contributed by atoms with Crippen LogP contribution in [0.1, 0.15) is 33.1 Å². The third kappa shape index (κ3) is 1.88. The highest BCUT2D eigenvalue weighted by Crippen LogP contribution is 2.40. The van der Waals surface area contributed by atoms with Crippen LogP contribution >= 0.6 is 0 Å². The average molecular weight is 223 g/mol. The molecular weight excluding hydrogens is 202 g/mol. The molecule has 0 spiro atoms. The van der Waals surface area contributed by atoms with Crippen LogP contribution < -0.4 is 0 Å². The first-order chi connectivity index (χ1) is 7.49. The minimum atomic E-state index is -0.338. The Kier molecular flexibility index (Phi) is 2.82. The summed E-state index contributed by atoms with van der Waals surface area (Å²) in [6, 6.07) is 0. The van der Waals surface area contributed by atoms with Gasteiger partial charge in [0.25, 0.3) is 0 Å². The maximum absolute atomic E-state index is 12.2. The van der Waals surface area contributed by atoms with Crippen LogP contribution in [0.2, 0.25) is 0 Å². The summed E-state index contributed by atoms with van der Waals surface area (Å²) >= 11 is 0. The molecule has 1 amide bonds. The van der Waals surface area contributed by atoms with Gasteiger partial charge in [0.2, 0.25) is 5.91 Å². The van der Waals surface area contributed by atoms with Gasteiger partial charge in [-0.1, -0.05) is 19.1 Å². The van der Waals surface area contributed by atoms with Gasteiger partial charge in [0.1, 0.15) is 0 Å². The lowest BCUT2D eigenvalue weighted by atomic mass is 9.70. The van der Waals surface area contributed by atoms with E-state index < -0.39 is 0 Å². The van der Waals surface area contributed by atoms with E-state index in [0.29, 0.717) is 0 Å². The van der Waals surface area contributed by atoms with Gasteiger partial charge in [-0.3, -0.25) is 4.79 Å². The lowest BCUT2D eigenvalue weighted by Gasteiger charge is -2.41. The summed E-state index contributed by atoms with van der Waals surface area (Å²) in [6.45, 7) is 6.05. The largest absolute Gasteiger partial charge is 0.395 e. The molecule has 0 aromatic heterocycles. The van der Waals surface area contributed by atoms with Crippen molar-refractivity contribution in [3.05, 3.63) is 12.2 Å². The number of hydrogen-bond donors (Lipinski definition) is 1. The fraction of sp³-hybridized carbons (Fsp3) is 0.769. The van der Waals surface area contributed by atoms with Crippen molar-refractivity contribution in [2.75, 3.05) is 19.7 Å². The van der Waals surface area contributed by atoms with Gasteiger partial charge in [-0.2, -0.15) is 0 Å². The third-order valence-electron chi connectivity index (χ3n) is 4.06. The molecule has 3 heteroatoms. The zero-order chi connectivity index (χ0) is 11.8. The van der Waals surface area contributed by atoms with E-state index >= 15 is 0 Å². The first-order valence-electron chi connectivity index (χ1n) is 6.10. The number of aliphatic hydroxyl groups excluding tert-OH is 1. The third-order valence-corrected chi connectivity index (χ3v) is 4.06. The normalized spacial score (nSPS) is 38.3. The Morgan fingerprint density at radius 2 is 2.00 bits per heavy atom. The fourth-order valence-corrected chi connectivity index (χ4v) is 2.29. The maximum atomic E-state index is 12.2. The van der Waals surface area contributed by atoms with E-state index in [-0.39, 0.29) is 23.3 Å². The molecular formula is C13H21NO2. The molecule has 0 bridgehead atoms. The van der Waals surface area contributed by atoms with E-state index in [9.17, 15) is 9.90 Å². The van der Waals surface area contributed by atoms with Crippen LogP contribution in [-0.4, -0.2) is 35.6 Å². The molecule has 1 saturated heterocycles. The minimum absolute atomic E-state index is 0.130. The zero-order valence-electron chi connectivity index (χ0n) is 10.2. The Labute approximate surface area is 97.1 Å². The molecule has 2 rings (SSSR count). The second-order valence-corrected chi connectivity index (χ2v) is 5.71. The van der Waals surface area contributed by atoms with Crippen molar-refractivity contribution in [2.24, 2.45) is 10.8 Å². The number of carbonyl (C=O) groups excluding carboxylic acids is 1. The van der Waals surface area contributed by atoms with Crippen LogP contribution in [0.25, 0.3) is 0 Å². The van der Waals surface area contributed by atoms with Gasteiger partial charge in [0.15, 0.2) is 0 Å². The lowest BCUT2D eigenvalue weighted by molar-refractivity contribution is -0.143. The predicted octanol–water partition coefficient (Wildman–Crippen LogP) is 1.57. The molecule has 16 heavy (non-hydrogen) atoms. The molecule has 0 radical (unpaired) electrons.